The summed E-state index contributed by atoms with van der Waals surface area (Å²) in [7, 11) is -3.98. The normalized spacial score (nSPS) is 13.8. The molecule has 1 rings (SSSR count). The van der Waals surface area contributed by atoms with Gasteiger partial charge in [0.25, 0.3) is 0 Å². The minimum Gasteiger partial charge on any atom is -0.459 e. The molecule has 0 aromatic heterocycles. The van der Waals surface area contributed by atoms with Gasteiger partial charge >= 0.3 is 5.97 Å². The van der Waals surface area contributed by atoms with E-state index in [1.54, 1.807) is 20.8 Å². The van der Waals surface area contributed by atoms with Gasteiger partial charge in [-0.25, -0.2) is 8.42 Å². The van der Waals surface area contributed by atoms with Crippen molar-refractivity contribution in [3.8, 4) is 0 Å². The topological polar surface area (TPSA) is 72.5 Å². The number of nitrogens with one attached hydrogen (secondary N) is 1. The molecule has 1 aromatic rings. The Bertz CT molecular complexity index is 638. The fourth-order valence-corrected chi connectivity index (χ4v) is 3.38. The van der Waals surface area contributed by atoms with Crippen molar-refractivity contribution in [2.45, 2.75) is 44.2 Å². The van der Waals surface area contributed by atoms with Gasteiger partial charge in [0, 0.05) is 0 Å². The first-order chi connectivity index (χ1) is 9.44. The Hall–Kier alpha value is -0.820. The standard InChI is InChI=1S/C13H17Cl2NO4S/c1-8(12(17)20-13(2,3)4)16-21(18,19)10-7-5-6-9(14)11(10)15/h5-8,16H,1-4H3/t8-/m0/s1. The van der Waals surface area contributed by atoms with Crippen molar-refractivity contribution in [1.82, 2.24) is 4.72 Å². The first-order valence-corrected chi connectivity index (χ1v) is 8.37. The SMILES string of the molecule is C[C@H](NS(=O)(=O)c1cccc(Cl)c1Cl)C(=O)OC(C)(C)C. The van der Waals surface area contributed by atoms with E-state index < -0.39 is 27.6 Å². The van der Waals surface area contributed by atoms with Crippen LogP contribution < -0.4 is 4.72 Å². The summed E-state index contributed by atoms with van der Waals surface area (Å²) in [6, 6.07) is 3.18. The predicted octanol–water partition coefficient (Wildman–Crippen LogP) is 3.00. The Balaban J connectivity index is 2.95. The number of benzene rings is 1. The van der Waals surface area contributed by atoms with Crippen molar-refractivity contribution in [3.63, 3.8) is 0 Å². The summed E-state index contributed by atoms with van der Waals surface area (Å²) in [5.74, 6) is -0.677. The van der Waals surface area contributed by atoms with Crippen molar-refractivity contribution >= 4 is 39.2 Å². The van der Waals surface area contributed by atoms with Gasteiger partial charge < -0.3 is 4.74 Å². The summed E-state index contributed by atoms with van der Waals surface area (Å²) >= 11 is 11.7. The number of hydrogen-bond acceptors (Lipinski definition) is 4. The molecule has 8 heteroatoms. The van der Waals surface area contributed by atoms with Gasteiger partial charge in [0.1, 0.15) is 16.5 Å². The minimum atomic E-state index is -3.98. The van der Waals surface area contributed by atoms with Crippen molar-refractivity contribution < 1.29 is 17.9 Å². The molecule has 21 heavy (non-hydrogen) atoms. The lowest BCUT2D eigenvalue weighted by Crippen LogP contribution is -2.42. The summed E-state index contributed by atoms with van der Waals surface area (Å²) < 4.78 is 31.8. The zero-order valence-electron chi connectivity index (χ0n) is 12.1. The highest BCUT2D eigenvalue weighted by Crippen LogP contribution is 2.28. The number of hydrogen-bond donors (Lipinski definition) is 1. The lowest BCUT2D eigenvalue weighted by atomic mass is 10.2. The van der Waals surface area contributed by atoms with Gasteiger partial charge in [-0.05, 0) is 39.8 Å². The highest BCUT2D eigenvalue weighted by Gasteiger charge is 2.28. The van der Waals surface area contributed by atoms with Crippen LogP contribution in [0.5, 0.6) is 0 Å². The Morgan fingerprint density at radius 1 is 1.29 bits per heavy atom. The molecule has 0 spiro atoms. The van der Waals surface area contributed by atoms with E-state index in [0.717, 1.165) is 0 Å². The molecule has 0 saturated carbocycles. The lowest BCUT2D eigenvalue weighted by molar-refractivity contribution is -0.156. The molecule has 0 fully saturated rings. The zero-order valence-corrected chi connectivity index (χ0v) is 14.4. The number of carbonyl (C=O) groups is 1. The molecule has 0 amide bonds. The highest BCUT2D eigenvalue weighted by atomic mass is 35.5. The van der Waals surface area contributed by atoms with Crippen LogP contribution in [0.2, 0.25) is 10.0 Å². The number of carbonyl (C=O) groups excluding carboxylic acids is 1. The molecule has 1 N–H and O–H groups in total. The molecule has 0 aliphatic rings. The van der Waals surface area contributed by atoms with Gasteiger partial charge in [-0.3, -0.25) is 4.79 Å². The van der Waals surface area contributed by atoms with Crippen molar-refractivity contribution in [2.24, 2.45) is 0 Å². The molecule has 1 aromatic carbocycles. The minimum absolute atomic E-state index is 0.0944. The number of halogens is 2. The Morgan fingerprint density at radius 3 is 2.38 bits per heavy atom. The van der Waals surface area contributed by atoms with Gasteiger partial charge in [-0.2, -0.15) is 4.72 Å². The van der Waals surface area contributed by atoms with E-state index in [1.807, 2.05) is 0 Å². The highest BCUT2D eigenvalue weighted by molar-refractivity contribution is 7.89. The third-order valence-corrected chi connectivity index (χ3v) is 4.81. The van der Waals surface area contributed by atoms with Gasteiger partial charge in [-0.1, -0.05) is 29.3 Å². The van der Waals surface area contributed by atoms with Crippen molar-refractivity contribution in [2.75, 3.05) is 0 Å². The van der Waals surface area contributed by atoms with Gasteiger partial charge in [0.05, 0.1) is 10.0 Å². The second-order valence-corrected chi connectivity index (χ2v) is 7.90. The van der Waals surface area contributed by atoms with Crippen LogP contribution >= 0.6 is 23.2 Å². The number of esters is 1. The number of sulfonamides is 1. The van der Waals surface area contributed by atoms with Crippen LogP contribution in [0, 0.1) is 0 Å². The molecule has 5 nitrogen and oxygen atoms in total. The first kappa shape index (κ1) is 18.2. The largest absolute Gasteiger partial charge is 0.459 e. The summed E-state index contributed by atoms with van der Waals surface area (Å²) in [5.41, 5.74) is -0.704. The Morgan fingerprint density at radius 2 is 1.86 bits per heavy atom. The van der Waals surface area contributed by atoms with E-state index in [0.29, 0.717) is 0 Å². The second-order valence-electron chi connectivity index (χ2n) is 5.43. The first-order valence-electron chi connectivity index (χ1n) is 6.13. The van der Waals surface area contributed by atoms with Gasteiger partial charge in [0.2, 0.25) is 10.0 Å². The van der Waals surface area contributed by atoms with Crippen LogP contribution in [-0.2, 0) is 19.6 Å². The maximum atomic E-state index is 12.2. The van der Waals surface area contributed by atoms with Crippen molar-refractivity contribution in [3.05, 3.63) is 28.2 Å². The molecule has 118 valence electrons. The number of ether oxygens (including phenoxy) is 1. The quantitative estimate of drug-likeness (QED) is 0.844. The maximum Gasteiger partial charge on any atom is 0.324 e. The average Bonchev–Trinajstić information content (AvgIpc) is 2.29. The van der Waals surface area contributed by atoms with E-state index in [4.69, 9.17) is 27.9 Å². The van der Waals surface area contributed by atoms with Gasteiger partial charge in [0.15, 0.2) is 0 Å². The van der Waals surface area contributed by atoms with E-state index in [9.17, 15) is 13.2 Å². The zero-order chi connectivity index (χ0) is 16.4. The van der Waals surface area contributed by atoms with Crippen LogP contribution in [-0.4, -0.2) is 26.0 Å². The van der Waals surface area contributed by atoms with Crippen LogP contribution in [0.3, 0.4) is 0 Å². The molecule has 0 bridgehead atoms. The van der Waals surface area contributed by atoms with E-state index in [1.165, 1.54) is 25.1 Å². The van der Waals surface area contributed by atoms with E-state index >= 15 is 0 Å². The van der Waals surface area contributed by atoms with Crippen LogP contribution in [0.15, 0.2) is 23.1 Å². The van der Waals surface area contributed by atoms with E-state index in [2.05, 4.69) is 4.72 Å². The molecule has 0 saturated heterocycles. The summed E-state index contributed by atoms with van der Waals surface area (Å²) in [4.78, 5) is 11.6. The third kappa shape index (κ3) is 5.14. The maximum absolute atomic E-state index is 12.2. The van der Waals surface area contributed by atoms with Crippen LogP contribution in [0.4, 0.5) is 0 Å². The summed E-state index contributed by atoms with van der Waals surface area (Å²) in [6.45, 7) is 6.48. The van der Waals surface area contributed by atoms with Crippen LogP contribution in [0.1, 0.15) is 27.7 Å². The summed E-state index contributed by atoms with van der Waals surface area (Å²) in [6.07, 6.45) is 0. The predicted molar refractivity (Wildman–Crippen MR) is 82.1 cm³/mol. The fraction of sp³-hybridized carbons (Fsp3) is 0.462. The molecule has 0 aliphatic carbocycles. The monoisotopic (exact) mass is 353 g/mol. The van der Waals surface area contributed by atoms with E-state index in [-0.39, 0.29) is 14.9 Å². The molecular weight excluding hydrogens is 337 g/mol. The second kappa shape index (κ2) is 6.52. The molecule has 0 heterocycles. The summed E-state index contributed by atoms with van der Waals surface area (Å²) in [5, 5.41) is 0.0209. The Kier molecular flexibility index (Phi) is 5.66. The van der Waals surface area contributed by atoms with Crippen molar-refractivity contribution in [1.29, 1.82) is 0 Å². The molecule has 0 aliphatic heterocycles. The smallest absolute Gasteiger partial charge is 0.324 e. The van der Waals surface area contributed by atoms with Crippen LogP contribution in [0.25, 0.3) is 0 Å². The lowest BCUT2D eigenvalue weighted by Gasteiger charge is -2.22. The molecule has 0 radical (unpaired) electrons. The van der Waals surface area contributed by atoms with Gasteiger partial charge in [-0.15, -0.1) is 0 Å². The molecule has 0 unspecified atom stereocenters. The third-order valence-electron chi connectivity index (χ3n) is 2.30. The average molecular weight is 354 g/mol. The Labute approximate surface area is 134 Å². The number of rotatable bonds is 4. The molecular formula is C13H17Cl2NO4S. The fourth-order valence-electron chi connectivity index (χ4n) is 1.43. The molecule has 1 atom stereocenters.